The van der Waals surface area contributed by atoms with Crippen LogP contribution in [0.2, 0.25) is 0 Å². The van der Waals surface area contributed by atoms with Gasteiger partial charge in [-0.05, 0) is 63.2 Å². The van der Waals surface area contributed by atoms with E-state index in [-0.39, 0.29) is 28.6 Å². The molecule has 0 radical (unpaired) electrons. The Balaban J connectivity index is 2.02. The number of nitrogens with zero attached hydrogens (tertiary/aromatic N) is 1. The van der Waals surface area contributed by atoms with Gasteiger partial charge >= 0.3 is 0 Å². The average molecular weight is 511 g/mol. The number of aryl methyl sites for hydroxylation is 1. The number of hydrogen-bond acceptors (Lipinski definition) is 5. The number of rotatable bonds is 8. The Morgan fingerprint density at radius 3 is 2.67 bits per heavy atom. The highest BCUT2D eigenvalue weighted by Gasteiger charge is 2.27. The SMILES string of the molecule is CONc1ccc(F)c(Cn2c(C(=O)NS(=O)C(C)C)c(-c3ccc[nH]c3=O)c3cc(C)ccc32)c1. The van der Waals surface area contributed by atoms with Crippen molar-refractivity contribution in [2.75, 3.05) is 12.6 Å². The number of amides is 1. The lowest BCUT2D eigenvalue weighted by molar-refractivity contribution is 0.0975. The minimum Gasteiger partial charge on any atom is -0.331 e. The van der Waals surface area contributed by atoms with Crippen LogP contribution in [0, 0.1) is 12.7 Å². The van der Waals surface area contributed by atoms with Crippen molar-refractivity contribution in [2.45, 2.75) is 32.6 Å². The number of anilines is 1. The van der Waals surface area contributed by atoms with Gasteiger partial charge < -0.3 is 9.55 Å². The maximum Gasteiger partial charge on any atom is 0.280 e. The molecule has 0 bridgehead atoms. The molecule has 4 aromatic rings. The number of aromatic amines is 1. The molecule has 1 amide bonds. The Bertz CT molecular complexity index is 1530. The van der Waals surface area contributed by atoms with Crippen molar-refractivity contribution in [3.63, 3.8) is 0 Å². The van der Waals surface area contributed by atoms with Crippen molar-refractivity contribution in [1.29, 1.82) is 0 Å². The van der Waals surface area contributed by atoms with Crippen LogP contribution in [0.5, 0.6) is 0 Å². The zero-order valence-electron chi connectivity index (χ0n) is 20.3. The van der Waals surface area contributed by atoms with E-state index in [9.17, 15) is 18.2 Å². The predicted molar refractivity (Wildman–Crippen MR) is 140 cm³/mol. The van der Waals surface area contributed by atoms with Crippen LogP contribution in [-0.4, -0.2) is 32.0 Å². The molecule has 1 unspecified atom stereocenters. The Labute approximate surface area is 210 Å². The average Bonchev–Trinajstić information content (AvgIpc) is 3.14. The van der Waals surface area contributed by atoms with Crippen molar-refractivity contribution >= 4 is 33.5 Å². The Hall–Kier alpha value is -3.76. The van der Waals surface area contributed by atoms with Gasteiger partial charge in [0.25, 0.3) is 11.5 Å². The maximum absolute atomic E-state index is 14.9. The number of aromatic nitrogens is 2. The first-order valence-corrected chi connectivity index (χ1v) is 12.5. The third kappa shape index (κ3) is 4.95. The number of benzene rings is 2. The second kappa shape index (κ2) is 10.5. The molecule has 0 saturated heterocycles. The summed E-state index contributed by atoms with van der Waals surface area (Å²) in [6.45, 7) is 5.33. The first-order chi connectivity index (χ1) is 17.2. The van der Waals surface area contributed by atoms with Crippen LogP contribution in [0.1, 0.15) is 35.5 Å². The van der Waals surface area contributed by atoms with E-state index in [1.54, 1.807) is 36.6 Å². The standard InChI is InChI=1S/C26H27FN4O4S/c1-15(2)36(34)30-26(33)24-23(19-6-5-11-28-25(19)32)20-12-16(3)7-10-22(20)31(24)14-17-13-18(29-35-4)8-9-21(17)27/h5-13,15,29H,14H2,1-4H3,(H,28,32)(H,30,33). The highest BCUT2D eigenvalue weighted by molar-refractivity contribution is 7.84. The van der Waals surface area contributed by atoms with Crippen molar-refractivity contribution < 1.29 is 18.2 Å². The van der Waals surface area contributed by atoms with Gasteiger partial charge in [0.15, 0.2) is 0 Å². The first kappa shape index (κ1) is 25.3. The van der Waals surface area contributed by atoms with Crippen molar-refractivity contribution in [3.8, 4) is 11.1 Å². The molecule has 1 atom stereocenters. The lowest BCUT2D eigenvalue weighted by Crippen LogP contribution is -2.32. The van der Waals surface area contributed by atoms with Gasteiger partial charge in [-0.15, -0.1) is 0 Å². The number of pyridine rings is 1. The summed E-state index contributed by atoms with van der Waals surface area (Å²) < 4.78 is 31.7. The lowest BCUT2D eigenvalue weighted by Gasteiger charge is -2.15. The summed E-state index contributed by atoms with van der Waals surface area (Å²) in [5.41, 5.74) is 5.46. The lowest BCUT2D eigenvalue weighted by atomic mass is 10.0. The van der Waals surface area contributed by atoms with E-state index in [2.05, 4.69) is 15.2 Å². The molecule has 188 valence electrons. The molecule has 0 spiro atoms. The van der Waals surface area contributed by atoms with Crippen molar-refractivity contribution in [1.82, 2.24) is 14.3 Å². The molecular weight excluding hydrogens is 483 g/mol. The summed E-state index contributed by atoms with van der Waals surface area (Å²) in [6, 6.07) is 13.3. The van der Waals surface area contributed by atoms with Gasteiger partial charge in [0.2, 0.25) is 0 Å². The number of nitrogens with one attached hydrogen (secondary N) is 3. The second-order valence-corrected chi connectivity index (χ2v) is 10.4. The molecular formula is C26H27FN4O4S. The summed E-state index contributed by atoms with van der Waals surface area (Å²) in [4.78, 5) is 34.1. The zero-order chi connectivity index (χ0) is 26.0. The molecule has 3 N–H and O–H groups in total. The molecule has 0 aliphatic heterocycles. The van der Waals surface area contributed by atoms with Crippen molar-refractivity contribution in [2.24, 2.45) is 0 Å². The van der Waals surface area contributed by atoms with Crippen LogP contribution in [0.25, 0.3) is 22.0 Å². The highest BCUT2D eigenvalue weighted by Crippen LogP contribution is 2.35. The van der Waals surface area contributed by atoms with E-state index >= 15 is 0 Å². The van der Waals surface area contributed by atoms with Crippen LogP contribution in [-0.2, 0) is 22.4 Å². The van der Waals surface area contributed by atoms with E-state index < -0.39 is 22.7 Å². The Morgan fingerprint density at radius 1 is 1.19 bits per heavy atom. The quantitative estimate of drug-likeness (QED) is 0.307. The van der Waals surface area contributed by atoms with Crippen LogP contribution < -0.4 is 15.8 Å². The Morgan fingerprint density at radius 2 is 1.97 bits per heavy atom. The molecule has 36 heavy (non-hydrogen) atoms. The number of fused-ring (bicyclic) bond motifs is 1. The molecule has 0 saturated carbocycles. The van der Waals surface area contributed by atoms with Crippen LogP contribution in [0.3, 0.4) is 0 Å². The third-order valence-electron chi connectivity index (χ3n) is 5.74. The number of carbonyl (C=O) groups is 1. The molecule has 2 heterocycles. The van der Waals surface area contributed by atoms with E-state index in [0.717, 1.165) is 5.56 Å². The molecule has 2 aromatic heterocycles. The molecule has 0 aliphatic carbocycles. The maximum atomic E-state index is 14.9. The summed E-state index contributed by atoms with van der Waals surface area (Å²) in [5.74, 6) is -1.09. The largest absolute Gasteiger partial charge is 0.331 e. The zero-order valence-corrected chi connectivity index (χ0v) is 21.2. The normalized spacial score (nSPS) is 12.2. The molecule has 0 aliphatic rings. The van der Waals surface area contributed by atoms with Crippen molar-refractivity contribution in [3.05, 3.63) is 87.7 Å². The molecule has 8 nitrogen and oxygen atoms in total. The first-order valence-electron chi connectivity index (χ1n) is 11.3. The van der Waals surface area contributed by atoms with Gasteiger partial charge in [-0.3, -0.25) is 24.6 Å². The topological polar surface area (TPSA) is 105 Å². The van der Waals surface area contributed by atoms with Gasteiger partial charge in [-0.2, -0.15) is 0 Å². The van der Waals surface area contributed by atoms with Gasteiger partial charge in [-0.25, -0.2) is 8.60 Å². The molecule has 4 rings (SSSR count). The van der Waals surface area contributed by atoms with Gasteiger partial charge in [-0.1, -0.05) is 11.6 Å². The number of H-pyrrole nitrogens is 1. The van der Waals surface area contributed by atoms with Gasteiger partial charge in [0, 0.05) is 39.0 Å². The summed E-state index contributed by atoms with van der Waals surface area (Å²) >= 11 is 0. The van der Waals surface area contributed by atoms with Crippen LogP contribution >= 0.6 is 0 Å². The van der Waals surface area contributed by atoms with Crippen LogP contribution in [0.4, 0.5) is 10.1 Å². The minimum atomic E-state index is -1.66. The number of carbonyl (C=O) groups excluding carboxylic acids is 1. The summed E-state index contributed by atoms with van der Waals surface area (Å²) in [6.07, 6.45) is 1.51. The monoisotopic (exact) mass is 510 g/mol. The van der Waals surface area contributed by atoms with E-state index in [1.807, 2.05) is 25.1 Å². The number of hydrogen-bond donors (Lipinski definition) is 3. The van der Waals surface area contributed by atoms with Gasteiger partial charge in [0.1, 0.15) is 22.5 Å². The van der Waals surface area contributed by atoms with Crippen LogP contribution in [0.15, 0.2) is 59.5 Å². The molecule has 10 heteroatoms. The summed E-state index contributed by atoms with van der Waals surface area (Å²) in [7, 11) is -0.213. The molecule has 2 aromatic carbocycles. The van der Waals surface area contributed by atoms with E-state index in [0.29, 0.717) is 27.7 Å². The Kier molecular flexibility index (Phi) is 7.37. The second-order valence-electron chi connectivity index (χ2n) is 8.63. The fraction of sp³-hybridized carbons (Fsp3) is 0.231. The fourth-order valence-corrected chi connectivity index (χ4v) is 4.58. The minimum absolute atomic E-state index is 0.0214. The smallest absolute Gasteiger partial charge is 0.280 e. The van der Waals surface area contributed by atoms with Gasteiger partial charge in [0.05, 0.1) is 19.3 Å². The molecule has 0 fully saturated rings. The fourth-order valence-electron chi connectivity index (χ4n) is 4.07. The third-order valence-corrected chi connectivity index (χ3v) is 6.98. The summed E-state index contributed by atoms with van der Waals surface area (Å²) in [5, 5.41) is 0.325. The predicted octanol–water partition coefficient (Wildman–Crippen LogP) is 4.27. The number of halogens is 1. The van der Waals surface area contributed by atoms with E-state index in [4.69, 9.17) is 4.84 Å². The van der Waals surface area contributed by atoms with E-state index in [1.165, 1.54) is 25.4 Å². The highest BCUT2D eigenvalue weighted by atomic mass is 32.2.